The number of nitrogens with one attached hydrogen (secondary N) is 1. The fourth-order valence-electron chi connectivity index (χ4n) is 1.78. The maximum atomic E-state index is 13.1. The largest absolute Gasteiger partial charge is 0.497 e. The highest BCUT2D eigenvalue weighted by atomic mass is 32.1. The Morgan fingerprint density at radius 2 is 2.19 bits per heavy atom. The first-order valence-electron chi connectivity index (χ1n) is 6.03. The molecule has 5 nitrogen and oxygen atoms in total. The van der Waals surface area contributed by atoms with Gasteiger partial charge in [-0.25, -0.2) is 9.37 Å². The van der Waals surface area contributed by atoms with Crippen LogP contribution in [0.2, 0.25) is 0 Å². The highest BCUT2D eigenvalue weighted by Gasteiger charge is 2.12. The Bertz CT molecular complexity index is 819. The zero-order valence-electron chi connectivity index (χ0n) is 11.0. The quantitative estimate of drug-likeness (QED) is 0.807. The lowest BCUT2D eigenvalue weighted by Crippen LogP contribution is -2.13. The number of anilines is 1. The third-order valence-corrected chi connectivity index (χ3v) is 3.70. The molecule has 1 aromatic carbocycles. The number of fused-ring (bicyclic) bond motifs is 1. The lowest BCUT2D eigenvalue weighted by molar-refractivity contribution is 0.102. The molecule has 3 rings (SSSR count). The van der Waals surface area contributed by atoms with Crippen LogP contribution < -0.4 is 10.1 Å². The number of carbonyl (C=O) groups is 1. The molecule has 1 amide bonds. The van der Waals surface area contributed by atoms with Crippen LogP contribution >= 0.6 is 11.3 Å². The predicted octanol–water partition coefficient (Wildman–Crippen LogP) is 3.09. The Morgan fingerprint density at radius 1 is 1.33 bits per heavy atom. The van der Waals surface area contributed by atoms with Crippen LogP contribution in [0.1, 0.15) is 10.5 Å². The van der Waals surface area contributed by atoms with Gasteiger partial charge in [-0.05, 0) is 24.3 Å². The molecule has 2 aromatic heterocycles. The van der Waals surface area contributed by atoms with E-state index in [-0.39, 0.29) is 5.69 Å². The minimum Gasteiger partial charge on any atom is -0.497 e. The van der Waals surface area contributed by atoms with Gasteiger partial charge in [0.2, 0.25) is 0 Å². The summed E-state index contributed by atoms with van der Waals surface area (Å²) in [5.74, 6) is -0.291. The van der Waals surface area contributed by atoms with Gasteiger partial charge in [-0.2, -0.15) is 0 Å². The van der Waals surface area contributed by atoms with E-state index in [2.05, 4.69) is 15.3 Å². The zero-order chi connectivity index (χ0) is 14.8. The van der Waals surface area contributed by atoms with Gasteiger partial charge in [-0.15, -0.1) is 0 Å². The number of hydrogen-bond acceptors (Lipinski definition) is 5. The standard InChI is InChI=1S/C14H10FN3O2S/c1-20-9-2-3-10-12(7-9)21-14(17-10)18-13(19)11-6-8(15)4-5-16-11/h2-7H,1H3,(H,17,18,19)/i15-1. The number of carbonyl (C=O) groups excluding carboxylic acids is 1. The Kier molecular flexibility index (Phi) is 3.49. The zero-order valence-corrected chi connectivity index (χ0v) is 11.8. The summed E-state index contributed by atoms with van der Waals surface area (Å²) in [5.41, 5.74) is 0.759. The van der Waals surface area contributed by atoms with E-state index in [4.69, 9.17) is 4.74 Å². The molecule has 0 unspecified atom stereocenters. The van der Waals surface area contributed by atoms with E-state index in [0.717, 1.165) is 22.0 Å². The van der Waals surface area contributed by atoms with E-state index >= 15 is 0 Å². The Balaban J connectivity index is 1.86. The number of benzene rings is 1. The van der Waals surface area contributed by atoms with Gasteiger partial charge in [0.1, 0.15) is 17.3 Å². The normalized spacial score (nSPS) is 10.6. The van der Waals surface area contributed by atoms with Crippen molar-refractivity contribution in [1.82, 2.24) is 9.97 Å². The summed E-state index contributed by atoms with van der Waals surface area (Å²) < 4.78 is 19.1. The molecule has 1 N–H and O–H groups in total. The molecule has 0 radical (unpaired) electrons. The van der Waals surface area contributed by atoms with Crippen LogP contribution in [0.3, 0.4) is 0 Å². The third-order valence-electron chi connectivity index (χ3n) is 2.77. The topological polar surface area (TPSA) is 64.1 Å². The van der Waals surface area contributed by atoms with Gasteiger partial charge in [0, 0.05) is 12.3 Å². The van der Waals surface area contributed by atoms with Crippen LogP contribution in [0, 0.1) is 5.82 Å². The number of halogens is 1. The molecule has 21 heavy (non-hydrogen) atoms. The van der Waals surface area contributed by atoms with Crippen LogP contribution in [0.25, 0.3) is 10.2 Å². The fraction of sp³-hybridized carbons (Fsp3) is 0.0714. The van der Waals surface area contributed by atoms with E-state index in [1.54, 1.807) is 19.2 Å². The minimum atomic E-state index is -0.510. The van der Waals surface area contributed by atoms with Crippen molar-refractivity contribution in [3.8, 4) is 5.75 Å². The Morgan fingerprint density at radius 3 is 2.95 bits per heavy atom. The number of pyridine rings is 1. The highest BCUT2D eigenvalue weighted by molar-refractivity contribution is 7.22. The molecule has 3 aromatic rings. The second-order valence-corrected chi connectivity index (χ2v) is 5.20. The number of nitrogens with zero attached hydrogens (tertiary/aromatic N) is 2. The van der Waals surface area contributed by atoms with Crippen LogP contribution in [0.15, 0.2) is 36.5 Å². The van der Waals surface area contributed by atoms with Crippen LogP contribution in [0.5, 0.6) is 5.75 Å². The third kappa shape index (κ3) is 2.82. The summed E-state index contributed by atoms with van der Waals surface area (Å²) in [6, 6.07) is 7.69. The van der Waals surface area contributed by atoms with Crippen molar-refractivity contribution in [2.75, 3.05) is 12.4 Å². The van der Waals surface area contributed by atoms with Crippen molar-refractivity contribution in [1.29, 1.82) is 0 Å². The van der Waals surface area contributed by atoms with Crippen molar-refractivity contribution in [3.63, 3.8) is 0 Å². The molecule has 0 spiro atoms. The van der Waals surface area contributed by atoms with E-state index in [1.165, 1.54) is 23.6 Å². The smallest absolute Gasteiger partial charge is 0.276 e. The summed E-state index contributed by atoms with van der Waals surface area (Å²) in [5, 5.41) is 3.04. The lowest BCUT2D eigenvalue weighted by Gasteiger charge is -2.00. The summed E-state index contributed by atoms with van der Waals surface area (Å²) in [4.78, 5) is 20.1. The van der Waals surface area contributed by atoms with Crippen molar-refractivity contribution in [2.24, 2.45) is 0 Å². The first-order valence-corrected chi connectivity index (χ1v) is 6.85. The molecule has 106 valence electrons. The summed E-state index contributed by atoms with van der Waals surface area (Å²) in [6.45, 7) is 0. The van der Waals surface area contributed by atoms with Gasteiger partial charge in [0.05, 0.1) is 17.3 Å². The van der Waals surface area contributed by atoms with Crippen molar-refractivity contribution >= 4 is 32.6 Å². The van der Waals surface area contributed by atoms with Crippen molar-refractivity contribution in [3.05, 3.63) is 48.0 Å². The summed E-state index contributed by atoms with van der Waals surface area (Å²) >= 11 is 1.31. The first kappa shape index (κ1) is 13.4. The number of methoxy groups -OCH3 is 1. The van der Waals surface area contributed by atoms with Crippen LogP contribution in [-0.4, -0.2) is 23.0 Å². The van der Waals surface area contributed by atoms with E-state index in [1.807, 2.05) is 6.07 Å². The van der Waals surface area contributed by atoms with Gasteiger partial charge in [-0.1, -0.05) is 11.3 Å². The van der Waals surface area contributed by atoms with Crippen LogP contribution in [0.4, 0.5) is 9.52 Å². The number of hydrogen-bond donors (Lipinski definition) is 1. The van der Waals surface area contributed by atoms with Gasteiger partial charge >= 0.3 is 0 Å². The number of rotatable bonds is 3. The summed E-state index contributed by atoms with van der Waals surface area (Å²) in [7, 11) is 1.58. The fourth-order valence-corrected chi connectivity index (χ4v) is 2.66. The first-order chi connectivity index (χ1) is 10.2. The van der Waals surface area contributed by atoms with Crippen molar-refractivity contribution < 1.29 is 13.9 Å². The van der Waals surface area contributed by atoms with Gasteiger partial charge in [0.15, 0.2) is 5.13 Å². The minimum absolute atomic E-state index is 0.00633. The maximum Gasteiger partial charge on any atom is 0.276 e. The summed E-state index contributed by atoms with van der Waals surface area (Å²) in [6.07, 6.45) is 1.24. The molecule has 7 heteroatoms. The molecular formula is C14H10FN3O2S. The molecule has 2 heterocycles. The average Bonchev–Trinajstić information content (AvgIpc) is 2.88. The molecule has 0 aliphatic heterocycles. The molecule has 0 fully saturated rings. The molecule has 0 atom stereocenters. The van der Waals surface area contributed by atoms with Gasteiger partial charge in [-0.3, -0.25) is 15.1 Å². The predicted molar refractivity (Wildman–Crippen MR) is 78.3 cm³/mol. The Hall–Kier alpha value is -2.54. The maximum absolute atomic E-state index is 13.1. The van der Waals surface area contributed by atoms with Gasteiger partial charge < -0.3 is 4.74 Å². The van der Waals surface area contributed by atoms with Gasteiger partial charge in [0.25, 0.3) is 5.91 Å². The van der Waals surface area contributed by atoms with Crippen molar-refractivity contribution in [2.45, 2.75) is 0 Å². The highest BCUT2D eigenvalue weighted by Crippen LogP contribution is 2.29. The lowest BCUT2D eigenvalue weighted by atomic mass is 10.3. The number of thiazole rings is 1. The molecule has 0 bridgehead atoms. The van der Waals surface area contributed by atoms with E-state index in [0.29, 0.717) is 5.13 Å². The molecule has 0 aliphatic carbocycles. The van der Waals surface area contributed by atoms with E-state index in [9.17, 15) is 9.18 Å². The van der Waals surface area contributed by atoms with E-state index < -0.39 is 11.7 Å². The molecule has 0 saturated carbocycles. The Labute approximate surface area is 123 Å². The SMILES string of the molecule is COc1ccc2nc(NC(=O)c3cc([18F])ccn3)sc2c1. The molecule has 0 aliphatic rings. The van der Waals surface area contributed by atoms with Crippen LogP contribution in [-0.2, 0) is 0 Å². The number of aromatic nitrogens is 2. The second-order valence-electron chi connectivity index (χ2n) is 4.17. The molecular weight excluding hydrogens is 292 g/mol. The average molecular weight is 302 g/mol. The number of ether oxygens (including phenoxy) is 1. The second kappa shape index (κ2) is 5.45. The molecule has 0 saturated heterocycles. The monoisotopic (exact) mass is 302 g/mol. The number of amides is 1.